The number of amides is 1. The van der Waals surface area contributed by atoms with E-state index in [0.717, 1.165) is 36.9 Å². The highest BCUT2D eigenvalue weighted by atomic mass is 16.2. The Morgan fingerprint density at radius 3 is 2.67 bits per heavy atom. The maximum absolute atomic E-state index is 12.7. The van der Waals surface area contributed by atoms with Crippen molar-refractivity contribution in [3.05, 3.63) is 59.8 Å². The molecule has 0 aliphatic carbocycles. The van der Waals surface area contributed by atoms with Gasteiger partial charge in [-0.15, -0.1) is 0 Å². The number of pyridine rings is 1. The van der Waals surface area contributed by atoms with Crippen molar-refractivity contribution >= 4 is 11.7 Å². The van der Waals surface area contributed by atoms with Crippen molar-refractivity contribution in [2.45, 2.75) is 25.3 Å². The van der Waals surface area contributed by atoms with Gasteiger partial charge in [0.2, 0.25) is 0 Å². The molecule has 2 aromatic rings. The van der Waals surface area contributed by atoms with Crippen LogP contribution in [-0.2, 0) is 0 Å². The minimum absolute atomic E-state index is 0.0946. The summed E-state index contributed by atoms with van der Waals surface area (Å²) in [5.74, 6) is 0.604. The molecule has 2 N–H and O–H groups in total. The van der Waals surface area contributed by atoms with Gasteiger partial charge >= 0.3 is 0 Å². The fourth-order valence-corrected chi connectivity index (χ4v) is 2.88. The highest BCUT2D eigenvalue weighted by Gasteiger charge is 2.28. The molecule has 0 spiro atoms. The molecule has 3 rings (SSSR count). The van der Waals surface area contributed by atoms with Crippen LogP contribution in [0.1, 0.15) is 41.2 Å². The molecule has 0 bridgehead atoms. The predicted octanol–water partition coefficient (Wildman–Crippen LogP) is 3.03. The molecule has 1 aliphatic heterocycles. The van der Waals surface area contributed by atoms with E-state index in [1.54, 1.807) is 12.3 Å². The second-order valence-electron chi connectivity index (χ2n) is 5.39. The van der Waals surface area contributed by atoms with Crippen LogP contribution in [0.5, 0.6) is 0 Å². The van der Waals surface area contributed by atoms with Crippen LogP contribution < -0.4 is 5.73 Å². The summed E-state index contributed by atoms with van der Waals surface area (Å²) in [6.07, 6.45) is 4.95. The summed E-state index contributed by atoms with van der Waals surface area (Å²) in [5.41, 5.74) is 7.46. The van der Waals surface area contributed by atoms with E-state index in [4.69, 9.17) is 5.73 Å². The van der Waals surface area contributed by atoms with Crippen LogP contribution in [0, 0.1) is 0 Å². The second kappa shape index (κ2) is 5.95. The monoisotopic (exact) mass is 281 g/mol. The van der Waals surface area contributed by atoms with Gasteiger partial charge < -0.3 is 10.6 Å². The number of rotatable bonds is 2. The molecule has 1 atom stereocenters. The fraction of sp³-hybridized carbons (Fsp3) is 0.294. The van der Waals surface area contributed by atoms with Gasteiger partial charge in [0, 0.05) is 18.3 Å². The standard InChI is InChI=1S/C17H19N3O/c18-16-10-9-14(12-19-16)15-8-4-5-11-20(15)17(21)13-6-2-1-3-7-13/h1-3,6-7,9-10,12,15H,4-5,8,11H2,(H2,18,19)/t15-/m1/s1. The lowest BCUT2D eigenvalue weighted by Gasteiger charge is -2.36. The molecule has 1 amide bonds. The molecule has 1 fully saturated rings. The highest BCUT2D eigenvalue weighted by Crippen LogP contribution is 2.31. The molecule has 4 heteroatoms. The van der Waals surface area contributed by atoms with Crippen LogP contribution in [0.15, 0.2) is 48.7 Å². The molecule has 1 aromatic carbocycles. The van der Waals surface area contributed by atoms with E-state index in [-0.39, 0.29) is 11.9 Å². The van der Waals surface area contributed by atoms with Crippen molar-refractivity contribution in [3.8, 4) is 0 Å². The number of aromatic nitrogens is 1. The first-order valence-electron chi connectivity index (χ1n) is 7.33. The first-order chi connectivity index (χ1) is 10.3. The largest absolute Gasteiger partial charge is 0.384 e. The van der Waals surface area contributed by atoms with E-state index in [2.05, 4.69) is 4.98 Å². The zero-order valence-electron chi connectivity index (χ0n) is 11.9. The highest BCUT2D eigenvalue weighted by molar-refractivity contribution is 5.94. The lowest BCUT2D eigenvalue weighted by molar-refractivity contribution is 0.0611. The molecule has 0 radical (unpaired) electrons. The van der Waals surface area contributed by atoms with Crippen molar-refractivity contribution in [3.63, 3.8) is 0 Å². The van der Waals surface area contributed by atoms with E-state index >= 15 is 0 Å². The van der Waals surface area contributed by atoms with Gasteiger partial charge in [0.25, 0.3) is 5.91 Å². The molecule has 1 saturated heterocycles. The topological polar surface area (TPSA) is 59.2 Å². The van der Waals surface area contributed by atoms with Gasteiger partial charge in [0.15, 0.2) is 0 Å². The fourth-order valence-electron chi connectivity index (χ4n) is 2.88. The third-order valence-electron chi connectivity index (χ3n) is 3.98. The molecule has 4 nitrogen and oxygen atoms in total. The zero-order chi connectivity index (χ0) is 14.7. The molecule has 0 saturated carbocycles. The van der Waals surface area contributed by atoms with Gasteiger partial charge in [-0.2, -0.15) is 0 Å². The number of likely N-dealkylation sites (tertiary alicyclic amines) is 1. The number of hydrogen-bond donors (Lipinski definition) is 1. The molecule has 21 heavy (non-hydrogen) atoms. The van der Waals surface area contributed by atoms with Crippen LogP contribution in [0.25, 0.3) is 0 Å². The van der Waals surface area contributed by atoms with Crippen molar-refractivity contribution in [2.24, 2.45) is 0 Å². The maximum Gasteiger partial charge on any atom is 0.254 e. The Balaban J connectivity index is 1.88. The van der Waals surface area contributed by atoms with E-state index in [9.17, 15) is 4.79 Å². The van der Waals surface area contributed by atoms with Crippen LogP contribution in [0.2, 0.25) is 0 Å². The van der Waals surface area contributed by atoms with Gasteiger partial charge in [-0.3, -0.25) is 4.79 Å². The number of carbonyl (C=O) groups is 1. The van der Waals surface area contributed by atoms with Gasteiger partial charge in [-0.1, -0.05) is 24.3 Å². The summed E-state index contributed by atoms with van der Waals surface area (Å²) in [6.45, 7) is 0.794. The molecular formula is C17H19N3O. The SMILES string of the molecule is Nc1ccc([C@H]2CCCCN2C(=O)c2ccccc2)cn1. The van der Waals surface area contributed by atoms with Gasteiger partial charge in [-0.25, -0.2) is 4.98 Å². The minimum atomic E-state index is 0.0946. The lowest BCUT2D eigenvalue weighted by atomic mass is 9.95. The first-order valence-corrected chi connectivity index (χ1v) is 7.33. The van der Waals surface area contributed by atoms with Gasteiger partial charge in [0.1, 0.15) is 5.82 Å². The summed E-state index contributed by atoms with van der Waals surface area (Å²) in [4.78, 5) is 18.9. The number of carbonyl (C=O) groups excluding carboxylic acids is 1. The molecule has 108 valence electrons. The average Bonchev–Trinajstić information content (AvgIpc) is 2.56. The third kappa shape index (κ3) is 2.89. The maximum atomic E-state index is 12.7. The summed E-state index contributed by atoms with van der Waals surface area (Å²) >= 11 is 0. The Bertz CT molecular complexity index is 610. The quantitative estimate of drug-likeness (QED) is 0.920. The normalized spacial score (nSPS) is 18.5. The number of benzene rings is 1. The van der Waals surface area contributed by atoms with E-state index in [1.165, 1.54) is 0 Å². The Kier molecular flexibility index (Phi) is 3.86. The summed E-state index contributed by atoms with van der Waals surface area (Å²) in [6, 6.07) is 13.3. The number of nitrogen functional groups attached to an aromatic ring is 1. The number of anilines is 1. The zero-order valence-corrected chi connectivity index (χ0v) is 11.9. The van der Waals surface area contributed by atoms with Crippen molar-refractivity contribution in [2.75, 3.05) is 12.3 Å². The van der Waals surface area contributed by atoms with Crippen LogP contribution >= 0.6 is 0 Å². The molecule has 0 unspecified atom stereocenters. The van der Waals surface area contributed by atoms with E-state index < -0.39 is 0 Å². The Labute approximate surface area is 124 Å². The van der Waals surface area contributed by atoms with Gasteiger partial charge in [0.05, 0.1) is 6.04 Å². The van der Waals surface area contributed by atoms with Crippen molar-refractivity contribution < 1.29 is 4.79 Å². The van der Waals surface area contributed by atoms with E-state index in [0.29, 0.717) is 5.82 Å². The Morgan fingerprint density at radius 2 is 1.95 bits per heavy atom. The molecule has 1 aromatic heterocycles. The second-order valence-corrected chi connectivity index (χ2v) is 5.39. The summed E-state index contributed by atoms with van der Waals surface area (Å²) in [7, 11) is 0. The van der Waals surface area contributed by atoms with Crippen LogP contribution in [0.3, 0.4) is 0 Å². The molecule has 2 heterocycles. The minimum Gasteiger partial charge on any atom is -0.384 e. The van der Waals surface area contributed by atoms with Crippen LogP contribution in [-0.4, -0.2) is 22.3 Å². The number of hydrogen-bond acceptors (Lipinski definition) is 3. The number of nitrogens with zero attached hydrogens (tertiary/aromatic N) is 2. The average molecular weight is 281 g/mol. The number of piperidine rings is 1. The van der Waals surface area contributed by atoms with Gasteiger partial charge in [-0.05, 0) is 43.0 Å². The Hall–Kier alpha value is -2.36. The molecule has 1 aliphatic rings. The summed E-state index contributed by atoms with van der Waals surface area (Å²) in [5, 5.41) is 0. The summed E-state index contributed by atoms with van der Waals surface area (Å²) < 4.78 is 0. The van der Waals surface area contributed by atoms with Crippen LogP contribution in [0.4, 0.5) is 5.82 Å². The predicted molar refractivity (Wildman–Crippen MR) is 82.7 cm³/mol. The van der Waals surface area contributed by atoms with Crippen molar-refractivity contribution in [1.82, 2.24) is 9.88 Å². The first kappa shape index (κ1) is 13.6. The Morgan fingerprint density at radius 1 is 1.14 bits per heavy atom. The van der Waals surface area contributed by atoms with E-state index in [1.807, 2.05) is 41.3 Å². The van der Waals surface area contributed by atoms with Crippen molar-refractivity contribution in [1.29, 1.82) is 0 Å². The third-order valence-corrected chi connectivity index (χ3v) is 3.98. The molecular weight excluding hydrogens is 262 g/mol. The number of nitrogens with two attached hydrogens (primary N) is 1. The smallest absolute Gasteiger partial charge is 0.254 e. The lowest BCUT2D eigenvalue weighted by Crippen LogP contribution is -2.38.